The smallest absolute Gasteiger partial charge is 0.524 e. The Balaban J connectivity index is 0.000000377. The van der Waals surface area contributed by atoms with Gasteiger partial charge in [0.1, 0.15) is 0 Å². The van der Waals surface area contributed by atoms with Gasteiger partial charge in [0.2, 0.25) is 0 Å². The van der Waals surface area contributed by atoms with Gasteiger partial charge in [-0.15, -0.1) is 36.4 Å². The summed E-state index contributed by atoms with van der Waals surface area (Å²) in [6.45, 7) is 3.61. The van der Waals surface area contributed by atoms with Gasteiger partial charge in [0.15, 0.2) is 0 Å². The molecule has 3 aromatic carbocycles. The van der Waals surface area contributed by atoms with Crippen molar-refractivity contribution in [2.75, 3.05) is 0 Å². The molecule has 4 heteroatoms. The fourth-order valence-corrected chi connectivity index (χ4v) is 2.08. The van der Waals surface area contributed by atoms with Crippen molar-refractivity contribution < 1.29 is 32.1 Å². The van der Waals surface area contributed by atoms with Crippen LogP contribution in [-0.2, 0) is 17.1 Å². The van der Waals surface area contributed by atoms with Crippen molar-refractivity contribution in [2.45, 2.75) is 0 Å². The Hall–Kier alpha value is -2.55. The minimum Gasteiger partial charge on any atom is -0.524 e. The molecule has 0 atom stereocenters. The summed E-state index contributed by atoms with van der Waals surface area (Å²) < 4.78 is 0. The Bertz CT molecular complexity index is 738. The van der Waals surface area contributed by atoms with E-state index >= 15 is 0 Å². The van der Waals surface area contributed by atoms with Crippen molar-refractivity contribution in [1.82, 2.24) is 0 Å². The second-order valence-corrected chi connectivity index (χ2v) is 4.60. The zero-order valence-electron chi connectivity index (χ0n) is 12.3. The predicted octanol–water partition coefficient (Wildman–Crippen LogP) is 4.52. The summed E-state index contributed by atoms with van der Waals surface area (Å²) in [7, 11) is 0. The first kappa shape index (κ1) is 18.5. The molecule has 0 aromatic heterocycles. The summed E-state index contributed by atoms with van der Waals surface area (Å²) in [6.07, 6.45) is 1.60. The number of carbonyl (C=O) groups is 1. The molecule has 2 N–H and O–H groups in total. The Labute approximate surface area is 145 Å². The minimum atomic E-state index is -1.01. The molecule has 0 radical (unpaired) electrons. The third kappa shape index (κ3) is 4.71. The Morgan fingerprint density at radius 2 is 1.83 bits per heavy atom. The van der Waals surface area contributed by atoms with Crippen LogP contribution in [0.3, 0.4) is 0 Å². The van der Waals surface area contributed by atoms with Gasteiger partial charge >= 0.3 is 23.0 Å². The van der Waals surface area contributed by atoms with E-state index in [2.05, 4.69) is 6.58 Å². The average Bonchev–Trinajstić information content (AvgIpc) is 3.20. The molecule has 0 unspecified atom stereocenters. The van der Waals surface area contributed by atoms with E-state index in [4.69, 9.17) is 5.11 Å². The van der Waals surface area contributed by atoms with E-state index in [1.54, 1.807) is 36.4 Å². The maximum absolute atomic E-state index is 11.1. The van der Waals surface area contributed by atoms with Crippen molar-refractivity contribution in [3.8, 4) is 16.9 Å². The summed E-state index contributed by atoms with van der Waals surface area (Å²) in [5.74, 6) is -0.949. The molecule has 0 spiro atoms. The maximum Gasteiger partial charge on any atom is 2.00 e. The number of hydrogen-bond acceptors (Lipinski definition) is 2. The van der Waals surface area contributed by atoms with Gasteiger partial charge < -0.3 is 10.2 Å². The number of aromatic carboxylic acids is 1. The Morgan fingerprint density at radius 3 is 2.30 bits per heavy atom. The Kier molecular flexibility index (Phi) is 7.07. The number of benzene rings is 1. The molecule has 23 heavy (non-hydrogen) atoms. The van der Waals surface area contributed by atoms with Gasteiger partial charge in [-0.25, -0.2) is 12.1 Å². The molecule has 0 saturated carbocycles. The standard InChI is InChI=1S/C14H11O3.C5H5.Fe/c1-2-9-7-12(13(15)8-9)10-5-3-4-6-11(10)14(16)17;1-2-4-5-3-1;/h2-8,15H,1H2,(H,16,17);1-5H;/q2*-1;+2. The maximum atomic E-state index is 11.1. The number of aromatic hydroxyl groups is 1. The molecule has 0 aliphatic heterocycles. The van der Waals surface area contributed by atoms with Gasteiger partial charge in [0.05, 0.1) is 5.75 Å². The van der Waals surface area contributed by atoms with Crippen LogP contribution >= 0.6 is 0 Å². The normalized spacial score (nSPS) is 9.22. The molecular formula is C19H16FeO3. The van der Waals surface area contributed by atoms with E-state index in [-0.39, 0.29) is 28.4 Å². The zero-order valence-corrected chi connectivity index (χ0v) is 13.4. The van der Waals surface area contributed by atoms with Crippen LogP contribution in [0.25, 0.3) is 17.2 Å². The van der Waals surface area contributed by atoms with Crippen molar-refractivity contribution >= 4 is 12.0 Å². The summed E-state index contributed by atoms with van der Waals surface area (Å²) >= 11 is 0. The second kappa shape index (κ2) is 8.79. The van der Waals surface area contributed by atoms with E-state index in [1.165, 1.54) is 6.07 Å². The van der Waals surface area contributed by atoms with Crippen LogP contribution in [0.4, 0.5) is 0 Å². The third-order valence-corrected chi connectivity index (χ3v) is 3.13. The molecule has 3 rings (SSSR count). The molecule has 0 bridgehead atoms. The van der Waals surface area contributed by atoms with Crippen LogP contribution < -0.4 is 0 Å². The minimum absolute atomic E-state index is 0. The molecule has 0 aliphatic carbocycles. The molecule has 0 aliphatic rings. The molecule has 0 heterocycles. The van der Waals surface area contributed by atoms with Crippen LogP contribution in [0.5, 0.6) is 5.75 Å². The Morgan fingerprint density at radius 1 is 1.17 bits per heavy atom. The predicted molar refractivity (Wildman–Crippen MR) is 88.2 cm³/mol. The number of carboxylic acids is 1. The van der Waals surface area contributed by atoms with E-state index in [0.29, 0.717) is 11.1 Å². The first-order valence-electron chi connectivity index (χ1n) is 6.75. The second-order valence-electron chi connectivity index (χ2n) is 4.60. The van der Waals surface area contributed by atoms with Crippen LogP contribution in [-0.4, -0.2) is 16.2 Å². The van der Waals surface area contributed by atoms with Crippen molar-refractivity contribution in [1.29, 1.82) is 0 Å². The van der Waals surface area contributed by atoms with Gasteiger partial charge in [0.25, 0.3) is 0 Å². The number of carboxylic acid groups (broad SMARTS) is 1. The number of hydrogen-bond donors (Lipinski definition) is 2. The quantitative estimate of drug-likeness (QED) is 0.540. The van der Waals surface area contributed by atoms with E-state index in [1.807, 2.05) is 30.3 Å². The molecule has 0 fully saturated rings. The first-order valence-corrected chi connectivity index (χ1v) is 6.75. The van der Waals surface area contributed by atoms with Crippen LogP contribution in [0.1, 0.15) is 15.9 Å². The van der Waals surface area contributed by atoms with Crippen LogP contribution in [0.15, 0.2) is 73.3 Å². The molecule has 0 amide bonds. The molecule has 0 saturated heterocycles. The fraction of sp³-hybridized carbons (Fsp3) is 0. The van der Waals surface area contributed by atoms with E-state index < -0.39 is 5.97 Å². The average molecular weight is 348 g/mol. The monoisotopic (exact) mass is 348 g/mol. The molecule has 3 nitrogen and oxygen atoms in total. The zero-order chi connectivity index (χ0) is 15.9. The number of rotatable bonds is 3. The summed E-state index contributed by atoms with van der Waals surface area (Å²) in [5, 5.41) is 18.9. The summed E-state index contributed by atoms with van der Waals surface area (Å²) in [6, 6.07) is 19.8. The molecule has 118 valence electrons. The van der Waals surface area contributed by atoms with Crippen molar-refractivity contribution in [3.05, 3.63) is 84.4 Å². The molecule has 3 aromatic rings. The van der Waals surface area contributed by atoms with Crippen LogP contribution in [0.2, 0.25) is 0 Å². The largest absolute Gasteiger partial charge is 2.00 e. The van der Waals surface area contributed by atoms with Crippen molar-refractivity contribution in [3.63, 3.8) is 0 Å². The fourth-order valence-electron chi connectivity index (χ4n) is 2.08. The third-order valence-electron chi connectivity index (χ3n) is 3.13. The van der Waals surface area contributed by atoms with Gasteiger partial charge in [-0.05, 0) is 0 Å². The molecular weight excluding hydrogens is 332 g/mol. The van der Waals surface area contributed by atoms with Crippen molar-refractivity contribution in [2.24, 2.45) is 0 Å². The van der Waals surface area contributed by atoms with Gasteiger partial charge in [-0.1, -0.05) is 29.3 Å². The van der Waals surface area contributed by atoms with Gasteiger partial charge in [-0.2, -0.15) is 18.2 Å². The topological polar surface area (TPSA) is 57.5 Å². The van der Waals surface area contributed by atoms with Gasteiger partial charge in [-0.3, -0.25) is 4.79 Å². The van der Waals surface area contributed by atoms with Gasteiger partial charge in [0, 0.05) is 5.56 Å². The summed E-state index contributed by atoms with van der Waals surface area (Å²) in [4.78, 5) is 11.1. The SMILES string of the molecule is C=Cc1cc(O)[c-](-c2ccccc2C(=O)O)c1.[Fe+2].c1cc[cH-]c1. The van der Waals surface area contributed by atoms with E-state index in [0.717, 1.165) is 5.56 Å². The van der Waals surface area contributed by atoms with Crippen LogP contribution in [0, 0.1) is 0 Å². The summed E-state index contributed by atoms with van der Waals surface area (Å²) in [5.41, 5.74) is 1.95. The van der Waals surface area contributed by atoms with E-state index in [9.17, 15) is 9.90 Å². The first-order chi connectivity index (χ1) is 10.6.